The number of benzene rings is 2. The van der Waals surface area contributed by atoms with Crippen LogP contribution in [0.25, 0.3) is 5.69 Å². The fraction of sp³-hybridized carbons (Fsp3) is 0.167. The molecule has 1 N–H and O–H groups in total. The van der Waals surface area contributed by atoms with Crippen molar-refractivity contribution in [1.82, 2.24) is 15.0 Å². The lowest BCUT2D eigenvalue weighted by Crippen LogP contribution is -2.15. The molecule has 0 atom stereocenters. The highest BCUT2D eigenvalue weighted by Crippen LogP contribution is 2.25. The van der Waals surface area contributed by atoms with Gasteiger partial charge in [0.05, 0.1) is 25.6 Å². The number of methoxy groups -OCH3 is 2. The van der Waals surface area contributed by atoms with Gasteiger partial charge in [0.15, 0.2) is 5.69 Å². The molecule has 0 radical (unpaired) electrons. The molecule has 7 nitrogen and oxygen atoms in total. The first-order valence-corrected chi connectivity index (χ1v) is 7.65. The molecular weight excluding hydrogens is 320 g/mol. The molecular formula is C18H18N4O3. The second-order valence-corrected chi connectivity index (χ2v) is 5.26. The Kier molecular flexibility index (Phi) is 4.65. The summed E-state index contributed by atoms with van der Waals surface area (Å²) in [5.74, 6) is 0.862. The SMILES string of the molecule is COc1ccccc1NC(=O)c1nnn(-c2ccccc2OC)c1C. The fourth-order valence-electron chi connectivity index (χ4n) is 2.50. The van der Waals surface area contributed by atoms with Crippen molar-refractivity contribution < 1.29 is 14.3 Å². The average Bonchev–Trinajstić information content (AvgIpc) is 3.03. The van der Waals surface area contributed by atoms with Crippen LogP contribution in [0.15, 0.2) is 48.5 Å². The van der Waals surface area contributed by atoms with Crippen molar-refractivity contribution in [2.75, 3.05) is 19.5 Å². The largest absolute Gasteiger partial charge is 0.495 e. The van der Waals surface area contributed by atoms with Gasteiger partial charge in [-0.05, 0) is 31.2 Å². The van der Waals surface area contributed by atoms with E-state index in [1.165, 1.54) is 0 Å². The van der Waals surface area contributed by atoms with Crippen LogP contribution in [0, 0.1) is 6.92 Å². The molecule has 0 bridgehead atoms. The standard InChI is InChI=1S/C18H18N4O3/c1-12-17(18(23)19-13-8-4-6-10-15(13)24-2)20-21-22(12)14-9-5-7-11-16(14)25-3/h4-11H,1-3H3,(H,19,23). The van der Waals surface area contributed by atoms with E-state index in [9.17, 15) is 4.79 Å². The monoisotopic (exact) mass is 338 g/mol. The topological polar surface area (TPSA) is 78.3 Å². The molecule has 0 unspecified atom stereocenters. The summed E-state index contributed by atoms with van der Waals surface area (Å²) < 4.78 is 12.2. The summed E-state index contributed by atoms with van der Waals surface area (Å²) in [5.41, 5.74) is 2.13. The molecule has 3 rings (SSSR count). The average molecular weight is 338 g/mol. The second-order valence-electron chi connectivity index (χ2n) is 5.26. The van der Waals surface area contributed by atoms with Gasteiger partial charge < -0.3 is 14.8 Å². The number of nitrogens with zero attached hydrogens (tertiary/aromatic N) is 3. The lowest BCUT2D eigenvalue weighted by Gasteiger charge is -2.10. The number of carbonyl (C=O) groups is 1. The number of anilines is 1. The van der Waals surface area contributed by atoms with Crippen molar-refractivity contribution >= 4 is 11.6 Å². The van der Waals surface area contributed by atoms with Crippen molar-refractivity contribution in [1.29, 1.82) is 0 Å². The van der Waals surface area contributed by atoms with Crippen molar-refractivity contribution in [3.05, 3.63) is 59.9 Å². The van der Waals surface area contributed by atoms with E-state index in [1.807, 2.05) is 36.4 Å². The van der Waals surface area contributed by atoms with Crippen LogP contribution in [-0.2, 0) is 0 Å². The van der Waals surface area contributed by atoms with Crippen molar-refractivity contribution in [2.45, 2.75) is 6.92 Å². The van der Waals surface area contributed by atoms with E-state index in [0.717, 1.165) is 0 Å². The third-order valence-corrected chi connectivity index (χ3v) is 3.78. The Morgan fingerprint density at radius 3 is 2.36 bits per heavy atom. The molecule has 0 spiro atoms. The number of hydrogen-bond donors (Lipinski definition) is 1. The maximum absolute atomic E-state index is 12.6. The molecule has 0 aliphatic carbocycles. The Morgan fingerprint density at radius 1 is 1.00 bits per heavy atom. The maximum atomic E-state index is 12.6. The van der Waals surface area contributed by atoms with Crippen molar-refractivity contribution in [2.24, 2.45) is 0 Å². The highest BCUT2D eigenvalue weighted by molar-refractivity contribution is 6.04. The van der Waals surface area contributed by atoms with Crippen LogP contribution >= 0.6 is 0 Å². The van der Waals surface area contributed by atoms with Crippen LogP contribution in [-0.4, -0.2) is 35.1 Å². The summed E-state index contributed by atoms with van der Waals surface area (Å²) in [5, 5.41) is 10.9. The third kappa shape index (κ3) is 3.16. The zero-order valence-electron chi connectivity index (χ0n) is 14.2. The number of hydrogen-bond acceptors (Lipinski definition) is 5. The van der Waals surface area contributed by atoms with Gasteiger partial charge in [-0.1, -0.05) is 29.5 Å². The molecule has 2 aromatic carbocycles. The van der Waals surface area contributed by atoms with Gasteiger partial charge in [0.1, 0.15) is 17.2 Å². The van der Waals surface area contributed by atoms with Gasteiger partial charge in [0.25, 0.3) is 5.91 Å². The molecule has 0 fully saturated rings. The van der Waals surface area contributed by atoms with E-state index in [2.05, 4.69) is 15.6 Å². The quantitative estimate of drug-likeness (QED) is 0.774. The predicted octanol–water partition coefficient (Wildman–Crippen LogP) is 2.85. The van der Waals surface area contributed by atoms with E-state index < -0.39 is 0 Å². The van der Waals surface area contributed by atoms with E-state index >= 15 is 0 Å². The van der Waals surface area contributed by atoms with Crippen LogP contribution in [0.2, 0.25) is 0 Å². The Morgan fingerprint density at radius 2 is 1.64 bits per heavy atom. The summed E-state index contributed by atoms with van der Waals surface area (Å²) in [7, 11) is 3.13. The summed E-state index contributed by atoms with van der Waals surface area (Å²) in [6.45, 7) is 1.78. The van der Waals surface area contributed by atoms with Gasteiger partial charge in [-0.2, -0.15) is 0 Å². The number of rotatable bonds is 5. The van der Waals surface area contributed by atoms with Crippen LogP contribution in [0.4, 0.5) is 5.69 Å². The lowest BCUT2D eigenvalue weighted by molar-refractivity contribution is 0.102. The number of nitrogens with one attached hydrogen (secondary N) is 1. The minimum atomic E-state index is -0.358. The molecule has 0 aliphatic rings. The molecule has 3 aromatic rings. The molecule has 128 valence electrons. The molecule has 0 aliphatic heterocycles. The van der Waals surface area contributed by atoms with Gasteiger partial charge in [-0.25, -0.2) is 4.68 Å². The highest BCUT2D eigenvalue weighted by atomic mass is 16.5. The first-order chi connectivity index (χ1) is 12.2. The molecule has 1 aromatic heterocycles. The van der Waals surface area contributed by atoms with Crippen molar-refractivity contribution in [3.63, 3.8) is 0 Å². The zero-order valence-corrected chi connectivity index (χ0v) is 14.2. The smallest absolute Gasteiger partial charge is 0.278 e. The van der Waals surface area contributed by atoms with E-state index in [-0.39, 0.29) is 11.6 Å². The molecule has 0 saturated carbocycles. The van der Waals surface area contributed by atoms with Crippen LogP contribution in [0.1, 0.15) is 16.2 Å². The third-order valence-electron chi connectivity index (χ3n) is 3.78. The zero-order chi connectivity index (χ0) is 17.8. The molecule has 25 heavy (non-hydrogen) atoms. The minimum Gasteiger partial charge on any atom is -0.495 e. The highest BCUT2D eigenvalue weighted by Gasteiger charge is 2.20. The summed E-state index contributed by atoms with van der Waals surface area (Å²) in [6.07, 6.45) is 0. The Hall–Kier alpha value is -3.35. The molecule has 1 heterocycles. The fourth-order valence-corrected chi connectivity index (χ4v) is 2.50. The molecule has 0 saturated heterocycles. The molecule has 7 heteroatoms. The number of amides is 1. The predicted molar refractivity (Wildman–Crippen MR) is 93.6 cm³/mol. The summed E-state index contributed by atoms with van der Waals surface area (Å²) in [4.78, 5) is 12.6. The van der Waals surface area contributed by atoms with E-state index in [1.54, 1.807) is 38.0 Å². The van der Waals surface area contributed by atoms with Gasteiger partial charge in [-0.3, -0.25) is 4.79 Å². The van der Waals surface area contributed by atoms with Gasteiger partial charge >= 0.3 is 0 Å². The van der Waals surface area contributed by atoms with E-state index in [0.29, 0.717) is 28.6 Å². The second kappa shape index (κ2) is 7.04. The first kappa shape index (κ1) is 16.5. The summed E-state index contributed by atoms with van der Waals surface area (Å²) in [6, 6.07) is 14.6. The van der Waals surface area contributed by atoms with Gasteiger partial charge in [0, 0.05) is 0 Å². The number of para-hydroxylation sites is 4. The number of ether oxygens (including phenoxy) is 2. The van der Waals surface area contributed by atoms with Crippen LogP contribution < -0.4 is 14.8 Å². The summed E-state index contributed by atoms with van der Waals surface area (Å²) >= 11 is 0. The van der Waals surface area contributed by atoms with Crippen molar-refractivity contribution in [3.8, 4) is 17.2 Å². The minimum absolute atomic E-state index is 0.233. The Labute approximate surface area is 145 Å². The van der Waals surface area contributed by atoms with Crippen LogP contribution in [0.5, 0.6) is 11.5 Å². The number of carbonyl (C=O) groups excluding carboxylic acids is 1. The Balaban J connectivity index is 1.92. The lowest BCUT2D eigenvalue weighted by atomic mass is 10.2. The Bertz CT molecular complexity index is 905. The maximum Gasteiger partial charge on any atom is 0.278 e. The number of aromatic nitrogens is 3. The first-order valence-electron chi connectivity index (χ1n) is 7.65. The van der Waals surface area contributed by atoms with Crippen LogP contribution in [0.3, 0.4) is 0 Å². The molecule has 1 amide bonds. The normalized spacial score (nSPS) is 10.4. The van der Waals surface area contributed by atoms with Gasteiger partial charge in [0.2, 0.25) is 0 Å². The van der Waals surface area contributed by atoms with Gasteiger partial charge in [-0.15, -0.1) is 5.10 Å². The van der Waals surface area contributed by atoms with E-state index in [4.69, 9.17) is 9.47 Å².